The Morgan fingerprint density at radius 3 is 2.30 bits per heavy atom. The van der Waals surface area contributed by atoms with Crippen molar-refractivity contribution in [3.8, 4) is 0 Å². The summed E-state index contributed by atoms with van der Waals surface area (Å²) in [6.07, 6.45) is 1.92. The highest BCUT2D eigenvalue weighted by Crippen LogP contribution is 2.12. The number of nitrogens with one attached hydrogen (secondary N) is 2. The fraction of sp³-hybridized carbons (Fsp3) is 0.350. The van der Waals surface area contributed by atoms with Gasteiger partial charge >= 0.3 is 0 Å². The summed E-state index contributed by atoms with van der Waals surface area (Å²) in [7, 11) is -3.97. The highest BCUT2D eigenvalue weighted by molar-refractivity contribution is 7.89. The van der Waals surface area contributed by atoms with Crippen LogP contribution in [-0.2, 0) is 21.2 Å². The first-order valence-corrected chi connectivity index (χ1v) is 10.4. The van der Waals surface area contributed by atoms with Crippen molar-refractivity contribution in [2.24, 2.45) is 0 Å². The van der Waals surface area contributed by atoms with Crippen LogP contribution in [0.2, 0.25) is 0 Å². The van der Waals surface area contributed by atoms with Gasteiger partial charge in [0.05, 0.1) is 4.90 Å². The topological polar surface area (TPSA) is 75.3 Å². The maximum Gasteiger partial charge on any atom is 0.241 e. The molecule has 27 heavy (non-hydrogen) atoms. The molecule has 0 aromatic heterocycles. The monoisotopic (exact) mass is 392 g/mol. The maximum absolute atomic E-state index is 13.1. The Hall–Kier alpha value is -2.25. The van der Waals surface area contributed by atoms with Crippen LogP contribution >= 0.6 is 0 Å². The normalized spacial score (nSPS) is 13.7. The average molecular weight is 392 g/mol. The van der Waals surface area contributed by atoms with Gasteiger partial charge in [-0.05, 0) is 49.6 Å². The summed E-state index contributed by atoms with van der Waals surface area (Å²) in [6, 6.07) is 12.7. The van der Waals surface area contributed by atoms with E-state index in [4.69, 9.17) is 0 Å². The Labute approximate surface area is 160 Å². The highest BCUT2D eigenvalue weighted by atomic mass is 32.2. The average Bonchev–Trinajstić information content (AvgIpc) is 2.62. The third-order valence-corrected chi connectivity index (χ3v) is 5.62. The molecule has 2 atom stereocenters. The van der Waals surface area contributed by atoms with Crippen molar-refractivity contribution in [3.63, 3.8) is 0 Å². The second-order valence-corrected chi connectivity index (χ2v) is 8.23. The number of rotatable bonds is 9. The molecule has 146 valence electrons. The van der Waals surface area contributed by atoms with E-state index in [0.717, 1.165) is 30.5 Å². The van der Waals surface area contributed by atoms with Crippen LogP contribution in [-0.4, -0.2) is 26.4 Å². The van der Waals surface area contributed by atoms with Gasteiger partial charge in [-0.25, -0.2) is 12.8 Å². The standard InChI is InChI=1S/C20H25FN2O3S/c1-3-7-15(2)22-20(24)19(14-16-8-5-4-6-9-16)23-27(25,26)18-12-10-17(21)11-13-18/h4-6,8-13,15,19,23H,3,7,14H2,1-2H3,(H,22,24). The van der Waals surface area contributed by atoms with Crippen molar-refractivity contribution in [3.05, 3.63) is 66.0 Å². The third kappa shape index (κ3) is 6.45. The SMILES string of the molecule is CCCC(C)NC(=O)C(Cc1ccccc1)NS(=O)(=O)c1ccc(F)cc1. The van der Waals surface area contributed by atoms with Gasteiger partial charge in [-0.3, -0.25) is 4.79 Å². The van der Waals surface area contributed by atoms with Gasteiger partial charge in [0, 0.05) is 6.04 Å². The van der Waals surface area contributed by atoms with Gasteiger partial charge in [-0.15, -0.1) is 0 Å². The van der Waals surface area contributed by atoms with Crippen molar-refractivity contribution >= 4 is 15.9 Å². The molecule has 0 aliphatic carbocycles. The molecule has 7 heteroatoms. The number of halogens is 1. The Bertz CT molecular complexity index is 839. The summed E-state index contributed by atoms with van der Waals surface area (Å²) in [4.78, 5) is 12.6. The van der Waals surface area contributed by atoms with Crippen LogP contribution in [0.15, 0.2) is 59.5 Å². The molecule has 2 unspecified atom stereocenters. The van der Waals surface area contributed by atoms with E-state index in [0.29, 0.717) is 0 Å². The lowest BCUT2D eigenvalue weighted by Gasteiger charge is -2.21. The summed E-state index contributed by atoms with van der Waals surface area (Å²) in [5.74, 6) is -0.911. The fourth-order valence-corrected chi connectivity index (χ4v) is 3.95. The molecule has 0 radical (unpaired) electrons. The Morgan fingerprint density at radius 1 is 1.07 bits per heavy atom. The molecule has 0 aliphatic rings. The van der Waals surface area contributed by atoms with Crippen LogP contribution < -0.4 is 10.0 Å². The highest BCUT2D eigenvalue weighted by Gasteiger charge is 2.26. The predicted octanol–water partition coefficient (Wildman–Crippen LogP) is 3.02. The number of hydrogen-bond donors (Lipinski definition) is 2. The molecule has 0 saturated heterocycles. The van der Waals surface area contributed by atoms with Crippen LogP contribution in [0.1, 0.15) is 32.3 Å². The molecule has 2 aromatic rings. The van der Waals surface area contributed by atoms with Gasteiger partial charge in [-0.1, -0.05) is 43.7 Å². The molecule has 2 rings (SSSR count). The Kier molecular flexibility index (Phi) is 7.50. The summed E-state index contributed by atoms with van der Waals surface area (Å²) < 4.78 is 40.8. The van der Waals surface area contributed by atoms with Gasteiger partial charge in [-0.2, -0.15) is 4.72 Å². The van der Waals surface area contributed by atoms with Crippen LogP contribution in [0, 0.1) is 5.82 Å². The molecule has 0 bridgehead atoms. The van der Waals surface area contributed by atoms with Crippen LogP contribution in [0.25, 0.3) is 0 Å². The van der Waals surface area contributed by atoms with Gasteiger partial charge in [0.1, 0.15) is 11.9 Å². The van der Waals surface area contributed by atoms with E-state index in [-0.39, 0.29) is 23.3 Å². The molecule has 0 aliphatic heterocycles. The van der Waals surface area contributed by atoms with Crippen molar-refractivity contribution < 1.29 is 17.6 Å². The molecular weight excluding hydrogens is 367 g/mol. The smallest absolute Gasteiger partial charge is 0.241 e. The van der Waals surface area contributed by atoms with E-state index >= 15 is 0 Å². The largest absolute Gasteiger partial charge is 0.352 e. The van der Waals surface area contributed by atoms with Crippen LogP contribution in [0.5, 0.6) is 0 Å². The number of carbonyl (C=O) groups is 1. The van der Waals surface area contributed by atoms with Crippen molar-refractivity contribution in [2.75, 3.05) is 0 Å². The van der Waals surface area contributed by atoms with Crippen molar-refractivity contribution in [1.29, 1.82) is 0 Å². The van der Waals surface area contributed by atoms with Crippen molar-refractivity contribution in [1.82, 2.24) is 10.0 Å². The van der Waals surface area contributed by atoms with Crippen LogP contribution in [0.3, 0.4) is 0 Å². The van der Waals surface area contributed by atoms with Gasteiger partial charge < -0.3 is 5.32 Å². The van der Waals surface area contributed by atoms with E-state index < -0.39 is 21.9 Å². The zero-order valence-electron chi connectivity index (χ0n) is 15.5. The van der Waals surface area contributed by atoms with E-state index in [1.54, 1.807) is 0 Å². The van der Waals surface area contributed by atoms with E-state index in [2.05, 4.69) is 10.0 Å². The number of benzene rings is 2. The lowest BCUT2D eigenvalue weighted by Crippen LogP contribution is -2.50. The molecule has 0 heterocycles. The number of amides is 1. The summed E-state index contributed by atoms with van der Waals surface area (Å²) in [5.41, 5.74) is 0.836. The summed E-state index contributed by atoms with van der Waals surface area (Å²) in [5, 5.41) is 2.86. The lowest BCUT2D eigenvalue weighted by molar-refractivity contribution is -0.123. The molecular formula is C20H25FN2O3S. The number of carbonyl (C=O) groups excluding carboxylic acids is 1. The van der Waals surface area contributed by atoms with Gasteiger partial charge in [0.2, 0.25) is 15.9 Å². The minimum atomic E-state index is -3.97. The minimum absolute atomic E-state index is 0.0592. The molecule has 0 fully saturated rings. The van der Waals surface area contributed by atoms with Crippen molar-refractivity contribution in [2.45, 2.75) is 50.1 Å². The van der Waals surface area contributed by atoms with Gasteiger partial charge in [0.25, 0.3) is 0 Å². The first kappa shape index (κ1) is 21.1. The molecule has 0 saturated carbocycles. The molecule has 2 aromatic carbocycles. The zero-order valence-corrected chi connectivity index (χ0v) is 16.3. The lowest BCUT2D eigenvalue weighted by atomic mass is 10.1. The summed E-state index contributed by atoms with van der Waals surface area (Å²) in [6.45, 7) is 3.90. The molecule has 0 spiro atoms. The minimum Gasteiger partial charge on any atom is -0.352 e. The Balaban J connectivity index is 2.22. The summed E-state index contributed by atoms with van der Waals surface area (Å²) >= 11 is 0. The van der Waals surface area contributed by atoms with E-state index in [9.17, 15) is 17.6 Å². The molecule has 1 amide bonds. The third-order valence-electron chi connectivity index (χ3n) is 4.13. The zero-order chi connectivity index (χ0) is 19.9. The first-order valence-electron chi connectivity index (χ1n) is 8.94. The molecule has 2 N–H and O–H groups in total. The second kappa shape index (κ2) is 9.62. The van der Waals surface area contributed by atoms with Crippen LogP contribution in [0.4, 0.5) is 4.39 Å². The fourth-order valence-electron chi connectivity index (χ4n) is 2.76. The Morgan fingerprint density at radius 2 is 1.70 bits per heavy atom. The second-order valence-electron chi connectivity index (χ2n) is 6.52. The van der Waals surface area contributed by atoms with E-state index in [1.807, 2.05) is 44.2 Å². The number of hydrogen-bond acceptors (Lipinski definition) is 3. The number of sulfonamides is 1. The van der Waals surface area contributed by atoms with E-state index in [1.165, 1.54) is 12.1 Å². The molecule has 5 nitrogen and oxygen atoms in total. The quantitative estimate of drug-likeness (QED) is 0.689. The predicted molar refractivity (Wildman–Crippen MR) is 103 cm³/mol. The van der Waals surface area contributed by atoms with Gasteiger partial charge in [0.15, 0.2) is 0 Å². The maximum atomic E-state index is 13.1. The first-order chi connectivity index (χ1) is 12.8.